The number of aromatic amines is 1. The van der Waals surface area contributed by atoms with E-state index in [0.29, 0.717) is 6.07 Å². The molecule has 102 valence electrons. The van der Waals surface area contributed by atoms with Gasteiger partial charge in [-0.3, -0.25) is 4.79 Å². The Morgan fingerprint density at radius 1 is 1.33 bits per heavy atom. The normalized spacial score (nSPS) is 12.3. The molecular formula is C7H5ClF3NO5S. The Bertz CT molecular complexity index is 608. The number of pyridine rings is 1. The second-order valence-electron chi connectivity index (χ2n) is 2.85. The average Bonchev–Trinajstić information content (AvgIpc) is 2.17. The molecule has 1 aromatic heterocycles. The Morgan fingerprint density at radius 2 is 1.89 bits per heavy atom. The van der Waals surface area contributed by atoms with E-state index in [1.54, 1.807) is 4.98 Å². The van der Waals surface area contributed by atoms with Gasteiger partial charge in [-0.15, -0.1) is 13.2 Å². The molecule has 1 rings (SSSR count). The van der Waals surface area contributed by atoms with E-state index in [0.717, 1.165) is 7.11 Å². The van der Waals surface area contributed by atoms with Gasteiger partial charge in [0.25, 0.3) is 14.6 Å². The molecule has 0 spiro atoms. The first-order valence-electron chi connectivity index (χ1n) is 4.06. The largest absolute Gasteiger partial charge is 0.573 e. The Hall–Kier alpha value is -1.42. The van der Waals surface area contributed by atoms with Crippen LogP contribution in [0.2, 0.25) is 0 Å². The minimum Gasteiger partial charge on any atom is -0.494 e. The summed E-state index contributed by atoms with van der Waals surface area (Å²) in [6.07, 6.45) is -5.10. The molecule has 1 aromatic rings. The molecule has 1 N–H and O–H groups in total. The minimum absolute atomic E-state index is 0.474. The number of methoxy groups -OCH3 is 1. The summed E-state index contributed by atoms with van der Waals surface area (Å²) in [6, 6.07) is 0.474. The number of H-pyrrole nitrogens is 1. The third-order valence-corrected chi connectivity index (χ3v) is 2.88. The van der Waals surface area contributed by atoms with Gasteiger partial charge in [0.15, 0.2) is 16.5 Å². The van der Waals surface area contributed by atoms with E-state index in [2.05, 4.69) is 9.47 Å². The second-order valence-corrected chi connectivity index (χ2v) is 5.35. The van der Waals surface area contributed by atoms with Crippen LogP contribution in [0.3, 0.4) is 0 Å². The van der Waals surface area contributed by atoms with Crippen LogP contribution in [0.15, 0.2) is 15.9 Å². The van der Waals surface area contributed by atoms with Crippen LogP contribution in [0.4, 0.5) is 13.2 Å². The lowest BCUT2D eigenvalue weighted by Gasteiger charge is -2.10. The van der Waals surface area contributed by atoms with Crippen LogP contribution < -0.4 is 15.0 Å². The van der Waals surface area contributed by atoms with E-state index in [9.17, 15) is 26.4 Å². The van der Waals surface area contributed by atoms with Gasteiger partial charge in [0.05, 0.1) is 7.11 Å². The first-order chi connectivity index (χ1) is 8.04. The average molecular weight is 308 g/mol. The van der Waals surface area contributed by atoms with Crippen molar-refractivity contribution in [3.8, 4) is 11.5 Å². The summed E-state index contributed by atoms with van der Waals surface area (Å²) in [5.74, 6) is -1.74. The number of rotatable bonds is 3. The van der Waals surface area contributed by atoms with Crippen molar-refractivity contribution in [1.29, 1.82) is 0 Å². The number of nitrogens with one attached hydrogen (secondary N) is 1. The molecule has 0 aliphatic heterocycles. The molecule has 11 heteroatoms. The van der Waals surface area contributed by atoms with Crippen LogP contribution in [-0.4, -0.2) is 26.9 Å². The van der Waals surface area contributed by atoms with Crippen molar-refractivity contribution in [3.63, 3.8) is 0 Å². The van der Waals surface area contributed by atoms with Crippen LogP contribution in [-0.2, 0) is 9.05 Å². The number of ether oxygens (including phenoxy) is 2. The van der Waals surface area contributed by atoms with Crippen molar-refractivity contribution in [3.05, 3.63) is 16.4 Å². The number of halogens is 4. The molecule has 0 fully saturated rings. The molecule has 0 saturated carbocycles. The molecule has 0 aliphatic rings. The Morgan fingerprint density at radius 3 is 2.28 bits per heavy atom. The molecule has 0 aliphatic carbocycles. The number of aromatic nitrogens is 1. The number of alkyl halides is 3. The zero-order chi connectivity index (χ0) is 14.1. The minimum atomic E-state index is -5.10. The topological polar surface area (TPSA) is 85.5 Å². The van der Waals surface area contributed by atoms with Gasteiger partial charge in [0.2, 0.25) is 0 Å². The first-order valence-corrected chi connectivity index (χ1v) is 6.37. The molecule has 0 unspecified atom stereocenters. The summed E-state index contributed by atoms with van der Waals surface area (Å²) < 4.78 is 65.7. The maximum absolute atomic E-state index is 11.9. The van der Waals surface area contributed by atoms with Gasteiger partial charge in [-0.25, -0.2) is 8.42 Å². The maximum atomic E-state index is 11.9. The van der Waals surface area contributed by atoms with Crippen LogP contribution in [0.25, 0.3) is 0 Å². The first kappa shape index (κ1) is 14.6. The Balaban J connectivity index is 3.42. The third kappa shape index (κ3) is 3.53. The smallest absolute Gasteiger partial charge is 0.494 e. The highest BCUT2D eigenvalue weighted by Crippen LogP contribution is 2.28. The molecule has 0 amide bonds. The zero-order valence-electron chi connectivity index (χ0n) is 8.54. The predicted molar refractivity (Wildman–Crippen MR) is 53.3 cm³/mol. The highest BCUT2D eigenvalue weighted by molar-refractivity contribution is 8.13. The molecule has 18 heavy (non-hydrogen) atoms. The molecule has 0 radical (unpaired) electrons. The van der Waals surface area contributed by atoms with Gasteiger partial charge in [-0.05, 0) is 0 Å². The van der Waals surface area contributed by atoms with Crippen LogP contribution in [0.1, 0.15) is 0 Å². The van der Waals surface area contributed by atoms with Gasteiger partial charge < -0.3 is 14.5 Å². The fourth-order valence-electron chi connectivity index (χ4n) is 1.01. The van der Waals surface area contributed by atoms with E-state index in [1.807, 2.05) is 0 Å². The highest BCUT2D eigenvalue weighted by Gasteiger charge is 2.33. The van der Waals surface area contributed by atoms with Gasteiger partial charge >= 0.3 is 6.36 Å². The lowest BCUT2D eigenvalue weighted by atomic mass is 10.4. The summed E-state index contributed by atoms with van der Waals surface area (Å²) in [4.78, 5) is 12.8. The van der Waals surface area contributed by atoms with Gasteiger partial charge in [0, 0.05) is 16.7 Å². The monoisotopic (exact) mass is 307 g/mol. The number of hydrogen-bond acceptors (Lipinski definition) is 5. The summed E-state index contributed by atoms with van der Waals surface area (Å²) >= 11 is 0. The summed E-state index contributed by atoms with van der Waals surface area (Å²) in [5, 5.41) is -0.855. The summed E-state index contributed by atoms with van der Waals surface area (Å²) in [7, 11) is 1.57. The second kappa shape index (κ2) is 4.69. The van der Waals surface area contributed by atoms with E-state index in [4.69, 9.17) is 10.7 Å². The molecule has 1 heterocycles. The lowest BCUT2D eigenvalue weighted by Crippen LogP contribution is -2.23. The maximum Gasteiger partial charge on any atom is 0.573 e. The van der Waals surface area contributed by atoms with Gasteiger partial charge in [0.1, 0.15) is 0 Å². The molecule has 0 atom stereocenters. The summed E-state index contributed by atoms with van der Waals surface area (Å²) in [6.45, 7) is 0. The molecule has 0 aromatic carbocycles. The van der Waals surface area contributed by atoms with Crippen molar-refractivity contribution in [2.24, 2.45) is 0 Å². The predicted octanol–water partition coefficient (Wildman–Crippen LogP) is 1.21. The van der Waals surface area contributed by atoms with Crippen molar-refractivity contribution >= 4 is 19.7 Å². The third-order valence-electron chi connectivity index (χ3n) is 1.63. The van der Waals surface area contributed by atoms with Crippen molar-refractivity contribution in [2.45, 2.75) is 11.4 Å². The van der Waals surface area contributed by atoms with Gasteiger partial charge in [-0.2, -0.15) is 0 Å². The van der Waals surface area contributed by atoms with Crippen LogP contribution in [0.5, 0.6) is 11.5 Å². The SMILES string of the molecule is COc1cc(OC(F)(F)F)c(=O)[nH]c1S(=O)(=O)Cl. The standard InChI is InChI=1S/C7H5ClF3NO5S/c1-16-4-2-3(17-7(9,10)11)5(13)12-6(4)18(8,14)15/h2H,1H3,(H,12,13). The summed E-state index contributed by atoms with van der Waals surface area (Å²) in [5.41, 5.74) is -1.41. The van der Waals surface area contributed by atoms with E-state index in [1.165, 1.54) is 0 Å². The molecule has 0 saturated heterocycles. The van der Waals surface area contributed by atoms with Crippen molar-refractivity contribution in [1.82, 2.24) is 4.98 Å². The van der Waals surface area contributed by atoms with Crippen LogP contribution >= 0.6 is 10.7 Å². The number of hydrogen-bond donors (Lipinski definition) is 1. The van der Waals surface area contributed by atoms with E-state index < -0.39 is 37.5 Å². The Labute approximate surface area is 103 Å². The Kier molecular flexibility index (Phi) is 3.81. The van der Waals surface area contributed by atoms with Gasteiger partial charge in [-0.1, -0.05) is 0 Å². The fourth-order valence-corrected chi connectivity index (χ4v) is 1.95. The van der Waals surface area contributed by atoms with Crippen LogP contribution in [0, 0.1) is 0 Å². The zero-order valence-corrected chi connectivity index (χ0v) is 10.1. The van der Waals surface area contributed by atoms with E-state index in [-0.39, 0.29) is 0 Å². The highest BCUT2D eigenvalue weighted by atomic mass is 35.7. The molecule has 6 nitrogen and oxygen atoms in total. The quantitative estimate of drug-likeness (QED) is 0.848. The van der Waals surface area contributed by atoms with Crippen molar-refractivity contribution in [2.75, 3.05) is 7.11 Å². The molecular weight excluding hydrogens is 303 g/mol. The van der Waals surface area contributed by atoms with Crippen molar-refractivity contribution < 1.29 is 31.1 Å². The fraction of sp³-hybridized carbons (Fsp3) is 0.286. The lowest BCUT2D eigenvalue weighted by molar-refractivity contribution is -0.275. The molecule has 0 bridgehead atoms. The van der Waals surface area contributed by atoms with E-state index >= 15 is 0 Å².